The Bertz CT molecular complexity index is 1150. The van der Waals surface area contributed by atoms with E-state index in [1.807, 2.05) is 24.4 Å². The summed E-state index contributed by atoms with van der Waals surface area (Å²) in [4.78, 5) is 0. The Morgan fingerprint density at radius 3 is 2.50 bits per heavy atom. The van der Waals surface area contributed by atoms with Gasteiger partial charge in [-0.15, -0.1) is 0 Å². The van der Waals surface area contributed by atoms with Crippen molar-refractivity contribution in [3.05, 3.63) is 70.9 Å². The zero-order valence-electron chi connectivity index (χ0n) is 17.6. The molecule has 0 radical (unpaired) electrons. The van der Waals surface area contributed by atoms with Crippen molar-refractivity contribution in [3.63, 3.8) is 0 Å². The molecule has 1 saturated heterocycles. The lowest BCUT2D eigenvalue weighted by Gasteiger charge is -2.46. The van der Waals surface area contributed by atoms with Gasteiger partial charge in [0.05, 0.1) is 13.2 Å². The Kier molecular flexibility index (Phi) is 4.69. The summed E-state index contributed by atoms with van der Waals surface area (Å²) in [6.45, 7) is 0.406. The Hall–Kier alpha value is -2.26. The normalized spacial score (nSPS) is 32.0. The lowest BCUT2D eigenvalue weighted by Crippen LogP contribution is -2.63. The van der Waals surface area contributed by atoms with Gasteiger partial charge in [-0.3, -0.25) is 0 Å². The van der Waals surface area contributed by atoms with Crippen LogP contribution >= 0.6 is 0 Å². The van der Waals surface area contributed by atoms with Crippen LogP contribution in [0.15, 0.2) is 48.7 Å². The molecule has 2 aliphatic heterocycles. The summed E-state index contributed by atoms with van der Waals surface area (Å²) in [5.74, 6) is -0.898. The van der Waals surface area contributed by atoms with Crippen LogP contribution in [0.3, 0.4) is 0 Å². The number of aromatic nitrogens is 1. The van der Waals surface area contributed by atoms with E-state index in [2.05, 4.69) is 28.8 Å². The minimum Gasteiger partial charge on any atom is -0.394 e. The van der Waals surface area contributed by atoms with E-state index < -0.39 is 36.8 Å². The van der Waals surface area contributed by atoms with Crippen molar-refractivity contribution in [2.24, 2.45) is 0 Å². The maximum atomic E-state index is 10.8. The van der Waals surface area contributed by atoms with Crippen molar-refractivity contribution in [1.82, 2.24) is 4.57 Å². The molecule has 7 heteroatoms. The quantitative estimate of drug-likeness (QED) is 0.496. The fraction of sp³-hybridized carbons (Fsp3) is 0.440. The van der Waals surface area contributed by atoms with Crippen LogP contribution in [-0.4, -0.2) is 56.0 Å². The van der Waals surface area contributed by atoms with Gasteiger partial charge in [-0.05, 0) is 59.0 Å². The summed E-state index contributed by atoms with van der Waals surface area (Å²) < 4.78 is 13.9. The summed E-state index contributed by atoms with van der Waals surface area (Å²) in [6, 6.07) is 14.8. The molecule has 2 fully saturated rings. The second-order valence-electron chi connectivity index (χ2n) is 9.25. The largest absolute Gasteiger partial charge is 0.394 e. The van der Waals surface area contributed by atoms with Crippen LogP contribution in [0.2, 0.25) is 0 Å². The van der Waals surface area contributed by atoms with Crippen molar-refractivity contribution in [3.8, 4) is 0 Å². The maximum absolute atomic E-state index is 10.8. The summed E-state index contributed by atoms with van der Waals surface area (Å²) in [5.41, 5.74) is 5.03. The van der Waals surface area contributed by atoms with Crippen molar-refractivity contribution >= 4 is 10.9 Å². The molecule has 168 valence electrons. The van der Waals surface area contributed by atoms with E-state index in [0.717, 1.165) is 22.4 Å². The van der Waals surface area contributed by atoms with E-state index in [-0.39, 0.29) is 6.61 Å². The van der Waals surface area contributed by atoms with Gasteiger partial charge in [-0.25, -0.2) is 0 Å². The van der Waals surface area contributed by atoms with Gasteiger partial charge >= 0.3 is 0 Å². The number of benzene rings is 2. The van der Waals surface area contributed by atoms with E-state index >= 15 is 0 Å². The Labute approximate surface area is 185 Å². The number of hydrogen-bond donors (Lipinski definition) is 4. The van der Waals surface area contributed by atoms with Gasteiger partial charge in [-0.1, -0.05) is 24.3 Å². The second kappa shape index (κ2) is 7.38. The number of aliphatic hydroxyl groups excluding tert-OH is 4. The van der Waals surface area contributed by atoms with Gasteiger partial charge < -0.3 is 34.5 Å². The first kappa shape index (κ1) is 20.4. The first-order valence-corrected chi connectivity index (χ1v) is 11.2. The molecule has 0 amide bonds. The van der Waals surface area contributed by atoms with E-state index in [1.54, 1.807) is 0 Å². The lowest BCUT2D eigenvalue weighted by atomic mass is 9.87. The van der Waals surface area contributed by atoms with E-state index in [9.17, 15) is 20.4 Å². The zero-order valence-corrected chi connectivity index (χ0v) is 17.6. The van der Waals surface area contributed by atoms with Gasteiger partial charge in [0.25, 0.3) is 0 Å². The number of nitrogens with zero attached hydrogens (tertiary/aromatic N) is 1. The predicted octanol–water partition coefficient (Wildman–Crippen LogP) is 1.72. The number of ether oxygens (including phenoxy) is 2. The van der Waals surface area contributed by atoms with Gasteiger partial charge in [0.15, 0.2) is 0 Å². The number of hydrogen-bond acceptors (Lipinski definition) is 6. The average Bonchev–Trinajstić information content (AvgIpc) is 3.51. The third kappa shape index (κ3) is 3.04. The summed E-state index contributed by atoms with van der Waals surface area (Å²) in [5, 5.41) is 42.0. The van der Waals surface area contributed by atoms with Crippen molar-refractivity contribution < 1.29 is 29.9 Å². The standard InChI is InChI=1S/C25H27NO6/c27-12-21-22(28)23(29)24(30)25(32-21)19-10-20-17(9-18(19)13-31-25)7-8-26(20)11-14-1-3-15(4-2-14)16-5-6-16/h1-4,7-10,16,21-24,27-30H,5-6,11-13H2/t21-,22-,23+,24-,25+/m1/s1. The highest BCUT2D eigenvalue weighted by Gasteiger charge is 2.58. The van der Waals surface area contributed by atoms with Crippen molar-refractivity contribution in [2.45, 2.75) is 62.1 Å². The second-order valence-corrected chi connectivity index (χ2v) is 9.25. The third-order valence-electron chi connectivity index (χ3n) is 7.14. The fourth-order valence-corrected chi connectivity index (χ4v) is 5.12. The highest BCUT2D eigenvalue weighted by Crippen LogP contribution is 2.47. The average molecular weight is 437 g/mol. The monoisotopic (exact) mass is 437 g/mol. The minimum absolute atomic E-state index is 0.205. The van der Waals surface area contributed by atoms with Gasteiger partial charge in [0, 0.05) is 23.8 Å². The van der Waals surface area contributed by atoms with Crippen molar-refractivity contribution in [2.75, 3.05) is 6.61 Å². The topological polar surface area (TPSA) is 104 Å². The number of aliphatic hydroxyl groups is 4. The lowest BCUT2D eigenvalue weighted by molar-refractivity contribution is -0.368. The highest BCUT2D eigenvalue weighted by molar-refractivity contribution is 5.82. The molecule has 3 aromatic rings. The minimum atomic E-state index is -1.63. The molecule has 2 aromatic carbocycles. The summed E-state index contributed by atoms with van der Waals surface area (Å²) >= 11 is 0. The number of rotatable bonds is 4. The summed E-state index contributed by atoms with van der Waals surface area (Å²) in [7, 11) is 0. The van der Waals surface area contributed by atoms with Crippen LogP contribution < -0.4 is 0 Å². The van der Waals surface area contributed by atoms with Crippen LogP contribution in [0, 0.1) is 0 Å². The van der Waals surface area contributed by atoms with Gasteiger partial charge in [0.1, 0.15) is 24.4 Å². The van der Waals surface area contributed by atoms with Crippen molar-refractivity contribution in [1.29, 1.82) is 0 Å². The molecular weight excluding hydrogens is 410 g/mol. The molecular formula is C25H27NO6. The summed E-state index contributed by atoms with van der Waals surface area (Å²) in [6.07, 6.45) is -0.848. The van der Waals surface area contributed by atoms with E-state index in [1.165, 1.54) is 24.0 Å². The third-order valence-corrected chi connectivity index (χ3v) is 7.14. The van der Waals surface area contributed by atoms with Gasteiger partial charge in [-0.2, -0.15) is 0 Å². The van der Waals surface area contributed by atoms with Crippen LogP contribution in [0.4, 0.5) is 0 Å². The molecule has 32 heavy (non-hydrogen) atoms. The SMILES string of the molecule is OC[C@H]1O[C@]2(OCc3cc4ccn(Cc5ccc(C6CC6)cc5)c4cc32)[C@H](O)[C@@H](O)[C@@H]1O. The van der Waals surface area contributed by atoms with Gasteiger partial charge in [0.2, 0.25) is 5.79 Å². The Morgan fingerprint density at radius 2 is 1.78 bits per heavy atom. The molecule has 6 rings (SSSR count). The molecule has 1 saturated carbocycles. The van der Waals surface area contributed by atoms with Crippen LogP contribution in [0.1, 0.15) is 41.0 Å². The Balaban J connectivity index is 1.37. The van der Waals surface area contributed by atoms with Crippen LogP contribution in [0.25, 0.3) is 10.9 Å². The molecule has 5 atom stereocenters. The highest BCUT2D eigenvalue weighted by atomic mass is 16.7. The predicted molar refractivity (Wildman–Crippen MR) is 116 cm³/mol. The molecule has 0 unspecified atom stereocenters. The molecule has 3 heterocycles. The smallest absolute Gasteiger partial charge is 0.225 e. The molecule has 3 aliphatic rings. The van der Waals surface area contributed by atoms with E-state index in [4.69, 9.17) is 9.47 Å². The van der Waals surface area contributed by atoms with Crippen LogP contribution in [-0.2, 0) is 28.4 Å². The Morgan fingerprint density at radius 1 is 1.00 bits per heavy atom. The number of fused-ring (bicyclic) bond motifs is 3. The molecule has 1 aliphatic carbocycles. The first-order chi connectivity index (χ1) is 15.5. The van der Waals surface area contributed by atoms with Crippen LogP contribution in [0.5, 0.6) is 0 Å². The zero-order chi connectivity index (χ0) is 22.0. The molecule has 0 bridgehead atoms. The van der Waals surface area contributed by atoms with E-state index in [0.29, 0.717) is 12.1 Å². The molecule has 7 nitrogen and oxygen atoms in total. The molecule has 1 spiro atoms. The molecule has 4 N–H and O–H groups in total. The first-order valence-electron chi connectivity index (χ1n) is 11.2. The molecule has 1 aromatic heterocycles. The fourth-order valence-electron chi connectivity index (χ4n) is 5.12. The maximum Gasteiger partial charge on any atom is 0.225 e.